The van der Waals surface area contributed by atoms with Gasteiger partial charge in [0.1, 0.15) is 12.1 Å². The monoisotopic (exact) mass is 223 g/mol. The van der Waals surface area contributed by atoms with Crippen molar-refractivity contribution in [2.75, 3.05) is 25.6 Å². The zero-order valence-electron chi connectivity index (χ0n) is 9.44. The lowest BCUT2D eigenvalue weighted by molar-refractivity contribution is 0.253. The maximum absolute atomic E-state index is 8.95. The summed E-state index contributed by atoms with van der Waals surface area (Å²) in [6.45, 7) is 1.11. The van der Waals surface area contributed by atoms with Crippen LogP contribution in [0.4, 0.5) is 5.82 Å². The number of nitrogens with zero attached hydrogens (tertiary/aromatic N) is 2. The van der Waals surface area contributed by atoms with E-state index in [-0.39, 0.29) is 12.0 Å². The Morgan fingerprint density at radius 1 is 1.50 bits per heavy atom. The number of methoxy groups -OCH3 is 1. The molecule has 1 heterocycles. The van der Waals surface area contributed by atoms with E-state index in [2.05, 4.69) is 15.3 Å². The van der Waals surface area contributed by atoms with Crippen LogP contribution >= 0.6 is 0 Å². The first kappa shape index (κ1) is 11.1. The van der Waals surface area contributed by atoms with Gasteiger partial charge in [-0.15, -0.1) is 0 Å². The van der Waals surface area contributed by atoms with E-state index in [0.29, 0.717) is 5.88 Å². The molecule has 0 spiro atoms. The predicted molar refractivity (Wildman–Crippen MR) is 60.4 cm³/mol. The summed E-state index contributed by atoms with van der Waals surface area (Å²) in [6.07, 6.45) is 4.71. The number of hydrogen-bond donors (Lipinski definition) is 2. The Kier molecular flexibility index (Phi) is 3.24. The minimum Gasteiger partial charge on any atom is -0.481 e. The highest BCUT2D eigenvalue weighted by atomic mass is 16.5. The highest BCUT2D eigenvalue weighted by Crippen LogP contribution is 2.48. The van der Waals surface area contributed by atoms with Crippen LogP contribution in [0.1, 0.15) is 19.3 Å². The Morgan fingerprint density at radius 3 is 2.94 bits per heavy atom. The summed E-state index contributed by atoms with van der Waals surface area (Å²) < 4.78 is 5.02. The van der Waals surface area contributed by atoms with Crippen molar-refractivity contribution in [3.05, 3.63) is 12.4 Å². The van der Waals surface area contributed by atoms with Gasteiger partial charge in [0.25, 0.3) is 0 Å². The van der Waals surface area contributed by atoms with Crippen molar-refractivity contribution < 1.29 is 9.84 Å². The molecule has 1 saturated carbocycles. The summed E-state index contributed by atoms with van der Waals surface area (Å²) in [7, 11) is 1.58. The molecule has 0 aromatic carbocycles. The van der Waals surface area contributed by atoms with Crippen molar-refractivity contribution >= 4 is 5.82 Å². The number of nitrogens with one attached hydrogen (secondary N) is 1. The van der Waals surface area contributed by atoms with Crippen molar-refractivity contribution in [2.45, 2.75) is 19.3 Å². The number of aliphatic hydroxyl groups is 1. The van der Waals surface area contributed by atoms with E-state index in [4.69, 9.17) is 9.84 Å². The zero-order valence-corrected chi connectivity index (χ0v) is 9.44. The molecular weight excluding hydrogens is 206 g/mol. The van der Waals surface area contributed by atoms with Gasteiger partial charge >= 0.3 is 0 Å². The Balaban J connectivity index is 1.89. The quantitative estimate of drug-likeness (QED) is 0.754. The third-order valence-corrected chi connectivity index (χ3v) is 3.09. The normalized spacial score (nSPS) is 16.9. The molecule has 16 heavy (non-hydrogen) atoms. The molecule has 2 N–H and O–H groups in total. The molecule has 2 rings (SSSR count). The molecule has 0 atom stereocenters. The largest absolute Gasteiger partial charge is 0.481 e. The molecule has 1 fully saturated rings. The topological polar surface area (TPSA) is 67.3 Å². The number of rotatable bonds is 6. The molecule has 0 aliphatic heterocycles. The fourth-order valence-corrected chi connectivity index (χ4v) is 1.75. The molecule has 5 heteroatoms. The fraction of sp³-hybridized carbons (Fsp3) is 0.636. The maximum atomic E-state index is 8.95. The molecule has 0 bridgehead atoms. The summed E-state index contributed by atoms with van der Waals surface area (Å²) >= 11 is 0. The number of hydrogen-bond acceptors (Lipinski definition) is 5. The third-order valence-electron chi connectivity index (χ3n) is 3.09. The van der Waals surface area contributed by atoms with Gasteiger partial charge in [0.15, 0.2) is 0 Å². The van der Waals surface area contributed by atoms with Crippen molar-refractivity contribution in [3.63, 3.8) is 0 Å². The van der Waals surface area contributed by atoms with Crippen LogP contribution in [0.5, 0.6) is 5.88 Å². The average molecular weight is 223 g/mol. The third kappa shape index (κ3) is 2.61. The van der Waals surface area contributed by atoms with Crippen LogP contribution in [-0.2, 0) is 0 Å². The van der Waals surface area contributed by atoms with E-state index in [0.717, 1.165) is 18.8 Å². The van der Waals surface area contributed by atoms with Crippen molar-refractivity contribution in [2.24, 2.45) is 5.41 Å². The first-order valence-corrected chi connectivity index (χ1v) is 5.49. The van der Waals surface area contributed by atoms with E-state index in [1.54, 1.807) is 13.2 Å². The summed E-state index contributed by atoms with van der Waals surface area (Å²) in [5.74, 6) is 1.33. The number of aromatic nitrogens is 2. The van der Waals surface area contributed by atoms with E-state index in [1.165, 1.54) is 19.2 Å². The molecule has 88 valence electrons. The van der Waals surface area contributed by atoms with Gasteiger partial charge in [-0.2, -0.15) is 0 Å². The van der Waals surface area contributed by atoms with Crippen LogP contribution in [-0.4, -0.2) is 35.3 Å². The average Bonchev–Trinajstić information content (AvgIpc) is 3.08. The van der Waals surface area contributed by atoms with Crippen molar-refractivity contribution in [1.82, 2.24) is 9.97 Å². The van der Waals surface area contributed by atoms with Gasteiger partial charge in [-0.25, -0.2) is 9.97 Å². The van der Waals surface area contributed by atoms with E-state index < -0.39 is 0 Å². The number of aliphatic hydroxyl groups excluding tert-OH is 1. The number of ether oxygens (including phenoxy) is 1. The fourth-order valence-electron chi connectivity index (χ4n) is 1.75. The van der Waals surface area contributed by atoms with E-state index in [1.807, 2.05) is 0 Å². The highest BCUT2D eigenvalue weighted by Gasteiger charge is 2.41. The van der Waals surface area contributed by atoms with Crippen LogP contribution in [0.25, 0.3) is 0 Å². The molecule has 1 aromatic rings. The van der Waals surface area contributed by atoms with Gasteiger partial charge in [-0.3, -0.25) is 0 Å². The Morgan fingerprint density at radius 2 is 2.31 bits per heavy atom. The van der Waals surface area contributed by atoms with Crippen LogP contribution in [0, 0.1) is 5.41 Å². The van der Waals surface area contributed by atoms with Crippen LogP contribution in [0.2, 0.25) is 0 Å². The Labute approximate surface area is 94.9 Å². The smallest absolute Gasteiger partial charge is 0.218 e. The minimum atomic E-state index is 0.259. The Bertz CT molecular complexity index is 353. The predicted octanol–water partition coefficient (Wildman–Crippen LogP) is 1.06. The molecular formula is C11H17N3O2. The molecule has 0 saturated heterocycles. The standard InChI is InChI=1S/C11H17N3O2/c1-16-10-6-9(13-8-14-10)12-7-11(2-3-11)4-5-15/h6,8,15H,2-5,7H2,1H3,(H,12,13,14). The van der Waals surface area contributed by atoms with E-state index in [9.17, 15) is 0 Å². The van der Waals surface area contributed by atoms with E-state index >= 15 is 0 Å². The second-order valence-electron chi connectivity index (χ2n) is 4.27. The van der Waals surface area contributed by atoms with Crippen LogP contribution < -0.4 is 10.1 Å². The molecule has 0 radical (unpaired) electrons. The minimum absolute atomic E-state index is 0.259. The van der Waals surface area contributed by atoms with Crippen LogP contribution in [0.15, 0.2) is 12.4 Å². The van der Waals surface area contributed by atoms with Gasteiger partial charge in [-0.1, -0.05) is 0 Å². The second kappa shape index (κ2) is 4.65. The van der Waals surface area contributed by atoms with Crippen molar-refractivity contribution in [3.8, 4) is 5.88 Å². The van der Waals surface area contributed by atoms with Gasteiger partial charge < -0.3 is 15.2 Å². The highest BCUT2D eigenvalue weighted by molar-refractivity contribution is 5.37. The summed E-state index contributed by atoms with van der Waals surface area (Å²) in [5, 5.41) is 12.2. The summed E-state index contributed by atoms with van der Waals surface area (Å²) in [4.78, 5) is 8.05. The number of anilines is 1. The SMILES string of the molecule is COc1cc(NCC2(CCO)CC2)ncn1. The lowest BCUT2D eigenvalue weighted by atomic mass is 10.0. The lowest BCUT2D eigenvalue weighted by Gasteiger charge is -2.14. The second-order valence-corrected chi connectivity index (χ2v) is 4.27. The first-order valence-electron chi connectivity index (χ1n) is 5.49. The zero-order chi connectivity index (χ0) is 11.4. The Hall–Kier alpha value is -1.36. The first-order chi connectivity index (χ1) is 7.78. The molecule has 0 amide bonds. The van der Waals surface area contributed by atoms with Crippen molar-refractivity contribution in [1.29, 1.82) is 0 Å². The molecule has 1 aromatic heterocycles. The maximum Gasteiger partial charge on any atom is 0.218 e. The van der Waals surface area contributed by atoms with Gasteiger partial charge in [0, 0.05) is 19.2 Å². The van der Waals surface area contributed by atoms with Gasteiger partial charge in [0.05, 0.1) is 7.11 Å². The lowest BCUT2D eigenvalue weighted by Crippen LogP contribution is -2.17. The van der Waals surface area contributed by atoms with Gasteiger partial charge in [0.2, 0.25) is 5.88 Å². The molecule has 1 aliphatic rings. The van der Waals surface area contributed by atoms with Crippen LogP contribution in [0.3, 0.4) is 0 Å². The molecule has 1 aliphatic carbocycles. The summed E-state index contributed by atoms with van der Waals surface area (Å²) in [6, 6.07) is 1.77. The van der Waals surface area contributed by atoms with Gasteiger partial charge in [-0.05, 0) is 24.7 Å². The molecule has 0 unspecified atom stereocenters. The summed E-state index contributed by atoms with van der Waals surface area (Å²) in [5.41, 5.74) is 0.285. The molecule has 5 nitrogen and oxygen atoms in total.